The van der Waals surface area contributed by atoms with E-state index in [9.17, 15) is 13.2 Å². The summed E-state index contributed by atoms with van der Waals surface area (Å²) in [6, 6.07) is 12.4. The van der Waals surface area contributed by atoms with Crippen LogP contribution < -0.4 is 10.0 Å². The van der Waals surface area contributed by atoms with E-state index in [0.29, 0.717) is 21.7 Å². The molecule has 2 aromatic carbocycles. The summed E-state index contributed by atoms with van der Waals surface area (Å²) >= 11 is 7.11. The molecule has 2 aromatic heterocycles. The molecule has 0 saturated heterocycles. The van der Waals surface area contributed by atoms with Gasteiger partial charge in [0.1, 0.15) is 5.58 Å². The highest BCUT2D eigenvalue weighted by Crippen LogP contribution is 2.24. The molecule has 4 rings (SSSR count). The molecule has 0 aliphatic carbocycles. The number of fused-ring (bicyclic) bond motifs is 1. The summed E-state index contributed by atoms with van der Waals surface area (Å²) < 4.78 is 32.5. The third-order valence-corrected chi connectivity index (χ3v) is 6.19. The molecular weight excluding hydrogens is 422 g/mol. The highest BCUT2D eigenvalue weighted by atomic mass is 35.5. The van der Waals surface area contributed by atoms with Gasteiger partial charge in [-0.3, -0.25) is 9.52 Å². The Bertz CT molecular complexity index is 1250. The molecule has 0 atom stereocenters. The fourth-order valence-corrected chi connectivity index (χ4v) is 4.45. The number of hydrogen-bond acceptors (Lipinski definition) is 6. The Kier molecular flexibility index (Phi) is 4.80. The predicted molar refractivity (Wildman–Crippen MR) is 109 cm³/mol. The van der Waals surface area contributed by atoms with Gasteiger partial charge in [0.25, 0.3) is 15.9 Å². The number of furan rings is 1. The summed E-state index contributed by atoms with van der Waals surface area (Å²) in [6.07, 6.45) is 1.51. The van der Waals surface area contributed by atoms with Crippen molar-refractivity contribution in [2.75, 3.05) is 10.0 Å². The van der Waals surface area contributed by atoms with E-state index < -0.39 is 15.9 Å². The first-order valence-electron chi connectivity index (χ1n) is 7.93. The minimum Gasteiger partial charge on any atom is -0.451 e. The van der Waals surface area contributed by atoms with E-state index in [1.54, 1.807) is 29.6 Å². The molecule has 0 aliphatic heterocycles. The number of hydrogen-bond donors (Lipinski definition) is 2. The third-order valence-electron chi connectivity index (χ3n) is 3.78. The molecule has 2 N–H and O–H groups in total. The average Bonchev–Trinajstić information content (AvgIpc) is 3.31. The lowest BCUT2D eigenvalue weighted by Crippen LogP contribution is -2.13. The van der Waals surface area contributed by atoms with Crippen molar-refractivity contribution in [1.82, 2.24) is 4.98 Å². The van der Waals surface area contributed by atoms with E-state index in [2.05, 4.69) is 15.0 Å². The van der Waals surface area contributed by atoms with Gasteiger partial charge in [-0.05, 0) is 48.5 Å². The SMILES string of the molecule is O=C(Nc1ccc(S(=O)(=O)Nc2nccs2)cc1)c1cc2cc(Cl)ccc2o1. The summed E-state index contributed by atoms with van der Waals surface area (Å²) in [5.74, 6) is -0.330. The van der Waals surface area contributed by atoms with Gasteiger partial charge >= 0.3 is 0 Å². The number of anilines is 2. The summed E-state index contributed by atoms with van der Waals surface area (Å²) in [7, 11) is -3.75. The number of sulfonamides is 1. The van der Waals surface area contributed by atoms with E-state index in [4.69, 9.17) is 16.0 Å². The lowest BCUT2D eigenvalue weighted by molar-refractivity contribution is 0.0998. The van der Waals surface area contributed by atoms with Gasteiger partial charge in [0.15, 0.2) is 10.9 Å². The minimum absolute atomic E-state index is 0.0547. The Hall–Kier alpha value is -2.88. The van der Waals surface area contributed by atoms with Crippen LogP contribution in [0.4, 0.5) is 10.8 Å². The molecular formula is C18H12ClN3O4S2. The largest absolute Gasteiger partial charge is 0.451 e. The van der Waals surface area contributed by atoms with Gasteiger partial charge < -0.3 is 9.73 Å². The van der Waals surface area contributed by atoms with Crippen LogP contribution in [0.25, 0.3) is 11.0 Å². The molecule has 0 aliphatic rings. The average molecular weight is 434 g/mol. The number of thiazole rings is 1. The first kappa shape index (κ1) is 18.5. The number of amides is 1. The fraction of sp³-hybridized carbons (Fsp3) is 0. The zero-order chi connectivity index (χ0) is 19.7. The topological polar surface area (TPSA) is 101 Å². The number of carbonyl (C=O) groups excluding carboxylic acids is 1. The monoisotopic (exact) mass is 433 g/mol. The van der Waals surface area contributed by atoms with Crippen molar-refractivity contribution in [2.24, 2.45) is 0 Å². The van der Waals surface area contributed by atoms with Crippen LogP contribution in [0.2, 0.25) is 5.02 Å². The molecule has 142 valence electrons. The molecule has 0 spiro atoms. The first-order valence-corrected chi connectivity index (χ1v) is 10.7. The molecule has 0 bridgehead atoms. The summed E-state index contributed by atoms with van der Waals surface area (Å²) in [6.45, 7) is 0. The van der Waals surface area contributed by atoms with Gasteiger partial charge in [-0.25, -0.2) is 13.4 Å². The molecule has 0 unspecified atom stereocenters. The Morgan fingerprint density at radius 3 is 2.61 bits per heavy atom. The predicted octanol–water partition coefficient (Wildman–Crippen LogP) is 4.60. The summed E-state index contributed by atoms with van der Waals surface area (Å²) in [4.78, 5) is 16.3. The van der Waals surface area contributed by atoms with E-state index in [1.165, 1.54) is 41.8 Å². The summed E-state index contributed by atoms with van der Waals surface area (Å²) in [5, 5.41) is 5.88. The van der Waals surface area contributed by atoms with Crippen LogP contribution in [0.1, 0.15) is 10.6 Å². The molecule has 0 saturated carbocycles. The van der Waals surface area contributed by atoms with Crippen molar-refractivity contribution in [2.45, 2.75) is 4.90 Å². The number of rotatable bonds is 5. The highest BCUT2D eigenvalue weighted by Gasteiger charge is 2.17. The Morgan fingerprint density at radius 2 is 1.89 bits per heavy atom. The van der Waals surface area contributed by atoms with Crippen molar-refractivity contribution < 1.29 is 17.6 Å². The van der Waals surface area contributed by atoms with Crippen LogP contribution in [-0.4, -0.2) is 19.3 Å². The molecule has 2 heterocycles. The van der Waals surface area contributed by atoms with Crippen LogP contribution in [0.15, 0.2) is 69.4 Å². The second kappa shape index (κ2) is 7.27. The van der Waals surface area contributed by atoms with E-state index in [-0.39, 0.29) is 15.8 Å². The smallest absolute Gasteiger partial charge is 0.291 e. The van der Waals surface area contributed by atoms with Gasteiger partial charge in [0.2, 0.25) is 0 Å². The van der Waals surface area contributed by atoms with Gasteiger partial charge in [0, 0.05) is 27.7 Å². The maximum atomic E-state index is 12.4. The fourth-order valence-electron chi connectivity index (χ4n) is 2.48. The molecule has 0 radical (unpaired) electrons. The quantitative estimate of drug-likeness (QED) is 0.479. The number of nitrogens with zero attached hydrogens (tertiary/aromatic N) is 1. The maximum Gasteiger partial charge on any atom is 0.291 e. The van der Waals surface area contributed by atoms with Gasteiger partial charge in [0.05, 0.1) is 4.90 Å². The normalized spacial score (nSPS) is 11.5. The summed E-state index contributed by atoms with van der Waals surface area (Å²) in [5.41, 5.74) is 0.973. The number of aromatic nitrogens is 1. The van der Waals surface area contributed by atoms with Crippen molar-refractivity contribution >= 4 is 60.7 Å². The molecule has 28 heavy (non-hydrogen) atoms. The Labute approximate surface area is 169 Å². The molecule has 4 aromatic rings. The molecule has 10 heteroatoms. The van der Waals surface area contributed by atoms with Crippen LogP contribution in [0.5, 0.6) is 0 Å². The zero-order valence-corrected chi connectivity index (χ0v) is 16.4. The lowest BCUT2D eigenvalue weighted by atomic mass is 10.2. The van der Waals surface area contributed by atoms with Crippen LogP contribution in [-0.2, 0) is 10.0 Å². The second-order valence-electron chi connectivity index (χ2n) is 5.71. The maximum absolute atomic E-state index is 12.4. The van der Waals surface area contributed by atoms with Gasteiger partial charge in [-0.15, -0.1) is 11.3 Å². The van der Waals surface area contributed by atoms with Crippen LogP contribution in [0, 0.1) is 0 Å². The molecule has 1 amide bonds. The number of benzene rings is 2. The van der Waals surface area contributed by atoms with Crippen molar-refractivity contribution in [3.8, 4) is 0 Å². The first-order chi connectivity index (χ1) is 13.4. The Morgan fingerprint density at radius 1 is 1.11 bits per heavy atom. The Balaban J connectivity index is 1.49. The minimum atomic E-state index is -3.75. The molecule has 0 fully saturated rings. The van der Waals surface area contributed by atoms with Crippen molar-refractivity contribution in [3.05, 3.63) is 70.9 Å². The van der Waals surface area contributed by atoms with E-state index in [0.717, 1.165) is 0 Å². The standard InChI is InChI=1S/C18H12ClN3O4S2/c19-12-1-6-15-11(9-12)10-16(26-15)17(23)21-13-2-4-14(5-3-13)28(24,25)22-18-20-7-8-27-18/h1-10H,(H,20,22)(H,21,23). The van der Waals surface area contributed by atoms with Crippen molar-refractivity contribution in [3.63, 3.8) is 0 Å². The van der Waals surface area contributed by atoms with E-state index in [1.807, 2.05) is 0 Å². The second-order valence-corrected chi connectivity index (χ2v) is 8.73. The highest BCUT2D eigenvalue weighted by molar-refractivity contribution is 7.93. The lowest BCUT2D eigenvalue weighted by Gasteiger charge is -2.07. The number of halogens is 1. The van der Waals surface area contributed by atoms with Crippen LogP contribution in [0.3, 0.4) is 0 Å². The molecule has 7 nitrogen and oxygen atoms in total. The van der Waals surface area contributed by atoms with Crippen molar-refractivity contribution in [1.29, 1.82) is 0 Å². The zero-order valence-electron chi connectivity index (χ0n) is 14.0. The number of carbonyl (C=O) groups is 1. The van der Waals surface area contributed by atoms with E-state index >= 15 is 0 Å². The van der Waals surface area contributed by atoms with Gasteiger partial charge in [-0.2, -0.15) is 0 Å². The van der Waals surface area contributed by atoms with Gasteiger partial charge in [-0.1, -0.05) is 11.6 Å². The number of nitrogens with one attached hydrogen (secondary N) is 2. The third kappa shape index (κ3) is 3.86. The van der Waals surface area contributed by atoms with Crippen LogP contribution >= 0.6 is 22.9 Å².